The van der Waals surface area contributed by atoms with Gasteiger partial charge in [0.2, 0.25) is 11.8 Å². The molecule has 2 N–H and O–H groups in total. The standard InChI is InChI=1S/C13H13FN2O2/c14-8-3-1-7(2-4-8)6-16-12(17)10-9(5-15)11(10)13(16)18/h1-4,9-11H,5-6,15H2. The summed E-state index contributed by atoms with van der Waals surface area (Å²) in [4.78, 5) is 25.2. The molecule has 0 spiro atoms. The van der Waals surface area contributed by atoms with Crippen LogP contribution in [0.4, 0.5) is 4.39 Å². The summed E-state index contributed by atoms with van der Waals surface area (Å²) < 4.78 is 12.8. The van der Waals surface area contributed by atoms with Gasteiger partial charge in [-0.2, -0.15) is 0 Å². The van der Waals surface area contributed by atoms with Gasteiger partial charge in [0.05, 0.1) is 18.4 Å². The first-order valence-electron chi connectivity index (χ1n) is 5.93. The highest BCUT2D eigenvalue weighted by atomic mass is 19.1. The molecule has 1 heterocycles. The van der Waals surface area contributed by atoms with Crippen molar-refractivity contribution in [1.82, 2.24) is 4.90 Å². The number of nitrogens with zero attached hydrogens (tertiary/aromatic N) is 1. The third-order valence-corrected chi connectivity index (χ3v) is 3.80. The van der Waals surface area contributed by atoms with Crippen LogP contribution < -0.4 is 5.73 Å². The number of likely N-dealkylation sites (tertiary alicyclic amines) is 1. The van der Waals surface area contributed by atoms with Gasteiger partial charge in [0.1, 0.15) is 5.82 Å². The molecule has 3 rings (SSSR count). The zero-order valence-corrected chi connectivity index (χ0v) is 9.67. The van der Waals surface area contributed by atoms with Crippen molar-refractivity contribution in [3.05, 3.63) is 35.6 Å². The van der Waals surface area contributed by atoms with Crippen LogP contribution in [-0.2, 0) is 16.1 Å². The summed E-state index contributed by atoms with van der Waals surface area (Å²) in [7, 11) is 0. The number of rotatable bonds is 3. The van der Waals surface area contributed by atoms with Crippen LogP contribution >= 0.6 is 0 Å². The molecule has 2 atom stereocenters. The molecule has 1 saturated carbocycles. The number of halogens is 1. The van der Waals surface area contributed by atoms with Gasteiger partial charge in [0.15, 0.2) is 0 Å². The third kappa shape index (κ3) is 1.54. The van der Waals surface area contributed by atoms with Gasteiger partial charge in [-0.25, -0.2) is 4.39 Å². The molecule has 2 amide bonds. The van der Waals surface area contributed by atoms with Crippen LogP contribution in [0.1, 0.15) is 5.56 Å². The number of fused-ring (bicyclic) bond motifs is 1. The second-order valence-corrected chi connectivity index (χ2v) is 4.84. The Hall–Kier alpha value is -1.75. The Kier molecular flexibility index (Phi) is 2.45. The first-order chi connectivity index (χ1) is 8.63. The van der Waals surface area contributed by atoms with Crippen molar-refractivity contribution >= 4 is 11.8 Å². The molecule has 2 unspecified atom stereocenters. The van der Waals surface area contributed by atoms with Crippen LogP contribution in [0, 0.1) is 23.6 Å². The Bertz CT molecular complexity index is 492. The monoisotopic (exact) mass is 248 g/mol. The number of hydrogen-bond donors (Lipinski definition) is 1. The second-order valence-electron chi connectivity index (χ2n) is 4.84. The molecule has 0 aromatic heterocycles. The number of benzene rings is 1. The molecule has 18 heavy (non-hydrogen) atoms. The minimum atomic E-state index is -0.330. The van der Waals surface area contributed by atoms with E-state index in [1.54, 1.807) is 12.1 Å². The van der Waals surface area contributed by atoms with Crippen molar-refractivity contribution in [3.63, 3.8) is 0 Å². The lowest BCUT2D eigenvalue weighted by Crippen LogP contribution is -2.35. The molecule has 2 fully saturated rings. The molecule has 1 aromatic rings. The number of piperidine rings is 1. The van der Waals surface area contributed by atoms with Crippen molar-refractivity contribution in [2.45, 2.75) is 6.54 Å². The lowest BCUT2D eigenvalue weighted by Gasteiger charge is -2.17. The van der Waals surface area contributed by atoms with E-state index in [1.807, 2.05) is 0 Å². The van der Waals surface area contributed by atoms with Crippen LogP contribution in [-0.4, -0.2) is 23.3 Å². The zero-order valence-electron chi connectivity index (χ0n) is 9.67. The summed E-state index contributed by atoms with van der Waals surface area (Å²) in [6.07, 6.45) is 0. The first kappa shape index (κ1) is 11.3. The number of imide groups is 1. The smallest absolute Gasteiger partial charge is 0.233 e. The van der Waals surface area contributed by atoms with E-state index >= 15 is 0 Å². The summed E-state index contributed by atoms with van der Waals surface area (Å²) in [5.41, 5.74) is 6.25. The number of hydrogen-bond acceptors (Lipinski definition) is 3. The van der Waals surface area contributed by atoms with Crippen molar-refractivity contribution in [2.75, 3.05) is 6.54 Å². The van der Waals surface area contributed by atoms with Gasteiger partial charge in [0, 0.05) is 0 Å². The van der Waals surface area contributed by atoms with E-state index in [0.29, 0.717) is 6.54 Å². The molecule has 0 radical (unpaired) electrons. The fraction of sp³-hybridized carbons (Fsp3) is 0.385. The minimum absolute atomic E-state index is 0.0365. The van der Waals surface area contributed by atoms with Crippen LogP contribution in [0.2, 0.25) is 0 Å². The van der Waals surface area contributed by atoms with Crippen LogP contribution in [0.25, 0.3) is 0 Å². The molecule has 94 valence electrons. The number of nitrogens with two attached hydrogens (primary N) is 1. The molecule has 4 nitrogen and oxygen atoms in total. The van der Waals surface area contributed by atoms with Gasteiger partial charge >= 0.3 is 0 Å². The van der Waals surface area contributed by atoms with Crippen LogP contribution in [0.15, 0.2) is 24.3 Å². The Labute approximate surface area is 104 Å². The minimum Gasteiger partial charge on any atom is -0.330 e. The number of amides is 2. The number of carbonyl (C=O) groups is 2. The van der Waals surface area contributed by atoms with Crippen LogP contribution in [0.5, 0.6) is 0 Å². The Morgan fingerprint density at radius 1 is 1.11 bits per heavy atom. The summed E-state index contributed by atoms with van der Waals surface area (Å²) in [5.74, 6) is -0.973. The Morgan fingerprint density at radius 3 is 2.17 bits per heavy atom. The van der Waals surface area contributed by atoms with Crippen LogP contribution in [0.3, 0.4) is 0 Å². The van der Waals surface area contributed by atoms with Gasteiger partial charge in [-0.15, -0.1) is 0 Å². The first-order valence-corrected chi connectivity index (χ1v) is 5.93. The summed E-state index contributed by atoms with van der Waals surface area (Å²) >= 11 is 0. The van der Waals surface area contributed by atoms with E-state index in [4.69, 9.17) is 5.73 Å². The van der Waals surface area contributed by atoms with Gasteiger partial charge < -0.3 is 5.73 Å². The average Bonchev–Trinajstić information content (AvgIpc) is 3.05. The molecule has 1 saturated heterocycles. The fourth-order valence-corrected chi connectivity index (χ4v) is 2.74. The van der Waals surface area contributed by atoms with E-state index in [1.165, 1.54) is 17.0 Å². The normalized spacial score (nSPS) is 29.7. The van der Waals surface area contributed by atoms with Crippen molar-refractivity contribution < 1.29 is 14.0 Å². The topological polar surface area (TPSA) is 63.4 Å². The predicted molar refractivity (Wildman–Crippen MR) is 61.5 cm³/mol. The highest BCUT2D eigenvalue weighted by Crippen LogP contribution is 2.52. The zero-order chi connectivity index (χ0) is 12.9. The Morgan fingerprint density at radius 2 is 1.67 bits per heavy atom. The van der Waals surface area contributed by atoms with Gasteiger partial charge in [-0.1, -0.05) is 12.1 Å². The van der Waals surface area contributed by atoms with E-state index < -0.39 is 0 Å². The highest BCUT2D eigenvalue weighted by molar-refractivity contribution is 6.09. The largest absolute Gasteiger partial charge is 0.330 e. The van der Waals surface area contributed by atoms with Crippen molar-refractivity contribution in [3.8, 4) is 0 Å². The lowest BCUT2D eigenvalue weighted by atomic mass is 10.2. The molecule has 1 aliphatic heterocycles. The van der Waals surface area contributed by atoms with E-state index in [0.717, 1.165) is 5.56 Å². The SMILES string of the molecule is NCC1C2C(=O)N(Cc3ccc(F)cc3)C(=O)C12. The maximum atomic E-state index is 12.8. The van der Waals surface area contributed by atoms with Gasteiger partial charge in [-0.05, 0) is 30.2 Å². The van der Waals surface area contributed by atoms with Crippen molar-refractivity contribution in [2.24, 2.45) is 23.5 Å². The molecule has 1 aliphatic carbocycles. The Balaban J connectivity index is 1.74. The molecule has 1 aromatic carbocycles. The van der Waals surface area contributed by atoms with E-state index in [2.05, 4.69) is 0 Å². The predicted octanol–water partition coefficient (Wildman–Crippen LogP) is 0.515. The maximum absolute atomic E-state index is 12.8. The van der Waals surface area contributed by atoms with Gasteiger partial charge in [0.25, 0.3) is 0 Å². The molecule has 2 aliphatic rings. The summed E-state index contributed by atoms with van der Waals surface area (Å²) in [6.45, 7) is 0.611. The summed E-state index contributed by atoms with van der Waals surface area (Å²) in [6, 6.07) is 5.81. The van der Waals surface area contributed by atoms with E-state index in [-0.39, 0.29) is 41.9 Å². The molecule has 0 bridgehead atoms. The summed E-state index contributed by atoms with van der Waals surface area (Å²) in [5, 5.41) is 0. The average molecular weight is 248 g/mol. The van der Waals surface area contributed by atoms with E-state index in [9.17, 15) is 14.0 Å². The number of carbonyl (C=O) groups excluding carboxylic acids is 2. The third-order valence-electron chi connectivity index (χ3n) is 3.80. The second kappa shape index (κ2) is 3.88. The van der Waals surface area contributed by atoms with Crippen molar-refractivity contribution in [1.29, 1.82) is 0 Å². The fourth-order valence-electron chi connectivity index (χ4n) is 2.74. The molecular weight excluding hydrogens is 235 g/mol. The quantitative estimate of drug-likeness (QED) is 0.793. The molecule has 5 heteroatoms. The molecular formula is C13H13FN2O2. The highest BCUT2D eigenvalue weighted by Gasteiger charge is 2.66. The maximum Gasteiger partial charge on any atom is 0.233 e. The lowest BCUT2D eigenvalue weighted by molar-refractivity contribution is -0.142. The van der Waals surface area contributed by atoms with Gasteiger partial charge in [-0.3, -0.25) is 14.5 Å².